The fourth-order valence-corrected chi connectivity index (χ4v) is 1.55. The Labute approximate surface area is 118 Å². The van der Waals surface area contributed by atoms with Crippen LogP contribution in [0.25, 0.3) is 0 Å². The molecule has 0 aromatic heterocycles. The third-order valence-electron chi connectivity index (χ3n) is 2.62. The second-order valence-electron chi connectivity index (χ2n) is 4.09. The molecule has 0 fully saturated rings. The summed E-state index contributed by atoms with van der Waals surface area (Å²) in [5.41, 5.74) is 5.43. The fourth-order valence-electron chi connectivity index (χ4n) is 1.55. The van der Waals surface area contributed by atoms with Crippen LogP contribution in [0.2, 0.25) is 0 Å². The molecule has 8 nitrogen and oxygen atoms in total. The lowest BCUT2D eigenvalue weighted by molar-refractivity contribution is 0.0697. The van der Waals surface area contributed by atoms with Crippen molar-refractivity contribution in [2.75, 3.05) is 5.73 Å². The van der Waals surface area contributed by atoms with Crippen molar-refractivity contribution in [1.29, 1.82) is 0 Å². The number of carboxylic acid groups (broad SMARTS) is 1. The van der Waals surface area contributed by atoms with Crippen LogP contribution < -0.4 is 5.73 Å². The minimum absolute atomic E-state index is 0.368. The number of hydrogen-bond donors (Lipinski definition) is 5. The van der Waals surface area contributed by atoms with Crippen LogP contribution in [0.1, 0.15) is 10.4 Å². The first-order valence-corrected chi connectivity index (χ1v) is 5.68. The summed E-state index contributed by atoms with van der Waals surface area (Å²) in [4.78, 5) is 11.1. The average Bonchev–Trinajstić information content (AvgIpc) is 2.45. The number of aromatic carboxylic acids is 1. The number of hydrogen-bond acceptors (Lipinski definition) is 7. The van der Waals surface area contributed by atoms with Crippen molar-refractivity contribution in [1.82, 2.24) is 0 Å². The molecular formula is C13H11N3O5. The second kappa shape index (κ2) is 5.37. The number of anilines is 1. The van der Waals surface area contributed by atoms with E-state index in [1.807, 2.05) is 0 Å². The van der Waals surface area contributed by atoms with Crippen LogP contribution >= 0.6 is 0 Å². The van der Waals surface area contributed by atoms with E-state index in [4.69, 9.17) is 10.8 Å². The average molecular weight is 289 g/mol. The lowest BCUT2D eigenvalue weighted by Gasteiger charge is -2.06. The molecule has 0 amide bonds. The molecule has 0 saturated heterocycles. The van der Waals surface area contributed by atoms with E-state index < -0.39 is 34.5 Å². The van der Waals surface area contributed by atoms with Gasteiger partial charge in [0.2, 0.25) is 5.75 Å². The van der Waals surface area contributed by atoms with Crippen molar-refractivity contribution in [3.8, 4) is 17.2 Å². The molecule has 0 radical (unpaired) electrons. The third kappa shape index (κ3) is 2.84. The Morgan fingerprint density at radius 2 is 1.62 bits per heavy atom. The Balaban J connectivity index is 2.50. The molecule has 0 atom stereocenters. The van der Waals surface area contributed by atoms with Crippen molar-refractivity contribution in [3.63, 3.8) is 0 Å². The number of carbonyl (C=O) groups is 1. The third-order valence-corrected chi connectivity index (χ3v) is 2.62. The zero-order valence-corrected chi connectivity index (χ0v) is 10.6. The molecule has 2 aromatic carbocycles. The summed E-state index contributed by atoms with van der Waals surface area (Å²) in [7, 11) is 0. The zero-order valence-electron chi connectivity index (χ0n) is 10.6. The quantitative estimate of drug-likeness (QED) is 0.333. The van der Waals surface area contributed by atoms with E-state index in [9.17, 15) is 20.1 Å². The van der Waals surface area contributed by atoms with Crippen LogP contribution in [0.3, 0.4) is 0 Å². The normalized spacial score (nSPS) is 10.9. The number of carboxylic acids is 1. The number of phenols is 3. The van der Waals surface area contributed by atoms with Crippen LogP contribution in [0.5, 0.6) is 17.2 Å². The van der Waals surface area contributed by atoms with Gasteiger partial charge in [-0.15, -0.1) is 5.11 Å². The van der Waals surface area contributed by atoms with Gasteiger partial charge < -0.3 is 26.2 Å². The predicted octanol–water partition coefficient (Wildman–Crippen LogP) is 2.50. The number of phenolic OH excluding ortho intramolecular Hbond substituents is 3. The Bertz CT molecular complexity index is 726. The van der Waals surface area contributed by atoms with Crippen molar-refractivity contribution < 1.29 is 25.2 Å². The SMILES string of the molecule is Nc1ccc(N=Nc2c(C(=O)O)cc(O)c(O)c2O)cc1. The first kappa shape index (κ1) is 14.1. The highest BCUT2D eigenvalue weighted by atomic mass is 16.4. The van der Waals surface area contributed by atoms with Crippen LogP contribution in [0.4, 0.5) is 17.1 Å². The van der Waals surface area contributed by atoms with Crippen molar-refractivity contribution >= 4 is 23.0 Å². The molecule has 21 heavy (non-hydrogen) atoms. The van der Waals surface area contributed by atoms with Gasteiger partial charge in [-0.05, 0) is 24.3 Å². The van der Waals surface area contributed by atoms with Crippen LogP contribution in [0, 0.1) is 0 Å². The maximum atomic E-state index is 11.1. The maximum absolute atomic E-state index is 11.1. The highest BCUT2D eigenvalue weighted by Crippen LogP contribution is 2.45. The number of azo groups is 1. The highest BCUT2D eigenvalue weighted by molar-refractivity contribution is 5.96. The van der Waals surface area contributed by atoms with Gasteiger partial charge in [0, 0.05) is 11.8 Å². The molecule has 0 spiro atoms. The Morgan fingerprint density at radius 3 is 2.19 bits per heavy atom. The highest BCUT2D eigenvalue weighted by Gasteiger charge is 2.21. The number of nitrogens with zero attached hydrogens (tertiary/aromatic N) is 2. The standard InChI is InChI=1S/C13H11N3O5/c14-6-1-3-7(4-2-6)15-16-10-8(13(20)21)5-9(17)11(18)12(10)19/h1-5,17-19H,14H2,(H,20,21). The summed E-state index contributed by atoms with van der Waals surface area (Å²) >= 11 is 0. The van der Waals surface area contributed by atoms with Crippen molar-refractivity contribution in [3.05, 3.63) is 35.9 Å². The predicted molar refractivity (Wildman–Crippen MR) is 73.4 cm³/mol. The van der Waals surface area contributed by atoms with E-state index in [1.54, 1.807) is 12.1 Å². The van der Waals surface area contributed by atoms with E-state index in [1.165, 1.54) is 12.1 Å². The van der Waals surface area contributed by atoms with Crippen LogP contribution in [0.15, 0.2) is 40.6 Å². The summed E-state index contributed by atoms with van der Waals surface area (Å²) in [6.07, 6.45) is 0. The van der Waals surface area contributed by atoms with Gasteiger partial charge >= 0.3 is 5.97 Å². The van der Waals surface area contributed by atoms with Crippen molar-refractivity contribution in [2.24, 2.45) is 10.2 Å². The number of benzene rings is 2. The zero-order chi connectivity index (χ0) is 15.6. The summed E-state index contributed by atoms with van der Waals surface area (Å²) in [6.45, 7) is 0. The molecule has 8 heteroatoms. The van der Waals surface area contributed by atoms with Crippen molar-refractivity contribution in [2.45, 2.75) is 0 Å². The maximum Gasteiger partial charge on any atom is 0.338 e. The minimum atomic E-state index is -1.44. The molecule has 0 unspecified atom stereocenters. The van der Waals surface area contributed by atoms with Gasteiger partial charge in [0.05, 0.1) is 11.3 Å². The molecule has 0 aliphatic rings. The van der Waals surface area contributed by atoms with E-state index in [0.29, 0.717) is 11.4 Å². The molecular weight excluding hydrogens is 278 g/mol. The molecule has 0 heterocycles. The topological polar surface area (TPSA) is 149 Å². The second-order valence-corrected chi connectivity index (χ2v) is 4.09. The number of nitrogens with two attached hydrogens (primary N) is 1. The summed E-state index contributed by atoms with van der Waals surface area (Å²) in [5.74, 6) is -3.94. The molecule has 0 saturated carbocycles. The minimum Gasteiger partial charge on any atom is -0.504 e. The summed E-state index contributed by atoms with van der Waals surface area (Å²) in [5, 5.41) is 44.8. The molecule has 2 rings (SSSR count). The van der Waals surface area contributed by atoms with E-state index in [-0.39, 0.29) is 0 Å². The van der Waals surface area contributed by atoms with Gasteiger partial charge in [-0.3, -0.25) is 0 Å². The lowest BCUT2D eigenvalue weighted by Crippen LogP contribution is -1.96. The Morgan fingerprint density at radius 1 is 1.00 bits per heavy atom. The largest absolute Gasteiger partial charge is 0.504 e. The molecule has 108 valence electrons. The molecule has 0 aliphatic carbocycles. The number of aromatic hydroxyl groups is 3. The fraction of sp³-hybridized carbons (Fsp3) is 0. The first-order valence-electron chi connectivity index (χ1n) is 5.68. The lowest BCUT2D eigenvalue weighted by atomic mass is 10.1. The van der Waals surface area contributed by atoms with Crippen LogP contribution in [-0.4, -0.2) is 26.4 Å². The molecule has 2 aromatic rings. The van der Waals surface area contributed by atoms with Crippen LogP contribution in [-0.2, 0) is 0 Å². The van der Waals surface area contributed by atoms with E-state index in [2.05, 4.69) is 10.2 Å². The smallest absolute Gasteiger partial charge is 0.338 e. The van der Waals surface area contributed by atoms with E-state index >= 15 is 0 Å². The van der Waals surface area contributed by atoms with Gasteiger partial charge in [-0.2, -0.15) is 5.11 Å². The molecule has 0 aliphatic heterocycles. The summed E-state index contributed by atoms with van der Waals surface area (Å²) < 4.78 is 0. The van der Waals surface area contributed by atoms with E-state index in [0.717, 1.165) is 6.07 Å². The first-order chi connectivity index (χ1) is 9.90. The van der Waals surface area contributed by atoms with Gasteiger partial charge in [0.15, 0.2) is 11.5 Å². The van der Waals surface area contributed by atoms with Gasteiger partial charge in [0.1, 0.15) is 5.69 Å². The number of rotatable bonds is 3. The monoisotopic (exact) mass is 289 g/mol. The molecule has 0 bridgehead atoms. The Kier molecular flexibility index (Phi) is 3.61. The molecule has 6 N–H and O–H groups in total. The van der Waals surface area contributed by atoms with Gasteiger partial charge in [-0.1, -0.05) is 0 Å². The van der Waals surface area contributed by atoms with Gasteiger partial charge in [0.25, 0.3) is 0 Å². The summed E-state index contributed by atoms with van der Waals surface area (Å²) in [6, 6.07) is 6.99. The number of nitrogen functional groups attached to an aromatic ring is 1. The van der Waals surface area contributed by atoms with Gasteiger partial charge in [-0.25, -0.2) is 4.79 Å². The Hall–Kier alpha value is -3.29.